The van der Waals surface area contributed by atoms with Crippen LogP contribution in [0.3, 0.4) is 0 Å². The second kappa shape index (κ2) is 6.96. The summed E-state index contributed by atoms with van der Waals surface area (Å²) in [5.74, 6) is 0.582. The lowest BCUT2D eigenvalue weighted by atomic mass is 10.1. The number of amides is 2. The van der Waals surface area contributed by atoms with Gasteiger partial charge in [-0.2, -0.15) is 0 Å². The van der Waals surface area contributed by atoms with Gasteiger partial charge in [0.2, 0.25) is 11.8 Å². The molecule has 124 valence electrons. The second-order valence-corrected chi connectivity index (χ2v) is 6.96. The summed E-state index contributed by atoms with van der Waals surface area (Å²) in [6, 6.07) is 0.192. The molecule has 0 aromatic carbocycles. The summed E-state index contributed by atoms with van der Waals surface area (Å²) < 4.78 is 0. The fourth-order valence-corrected chi connectivity index (χ4v) is 3.91. The fourth-order valence-electron chi connectivity index (χ4n) is 3.91. The van der Waals surface area contributed by atoms with Crippen molar-refractivity contribution >= 4 is 11.8 Å². The molecule has 0 aromatic heterocycles. The first-order chi connectivity index (χ1) is 10.6. The molecule has 3 fully saturated rings. The van der Waals surface area contributed by atoms with Crippen molar-refractivity contribution in [1.29, 1.82) is 0 Å². The van der Waals surface area contributed by atoms with Crippen molar-refractivity contribution < 1.29 is 9.59 Å². The zero-order valence-electron chi connectivity index (χ0n) is 13.4. The van der Waals surface area contributed by atoms with E-state index >= 15 is 0 Å². The lowest BCUT2D eigenvalue weighted by Gasteiger charge is -2.36. The van der Waals surface area contributed by atoms with E-state index in [1.54, 1.807) is 0 Å². The first kappa shape index (κ1) is 15.7. The van der Waals surface area contributed by atoms with Crippen LogP contribution < -0.4 is 5.73 Å². The van der Waals surface area contributed by atoms with Crippen molar-refractivity contribution in [3.8, 4) is 0 Å². The van der Waals surface area contributed by atoms with Crippen LogP contribution in [0.1, 0.15) is 32.1 Å². The Kier molecular flexibility index (Phi) is 4.98. The SMILES string of the molecule is NC1CCC(C(=O)N2CCN(C(=O)CN3CCCC3)CC2)C1. The van der Waals surface area contributed by atoms with Gasteiger partial charge in [0.05, 0.1) is 6.54 Å². The summed E-state index contributed by atoms with van der Waals surface area (Å²) in [5.41, 5.74) is 5.90. The predicted molar refractivity (Wildman–Crippen MR) is 84.2 cm³/mol. The molecule has 2 unspecified atom stereocenters. The van der Waals surface area contributed by atoms with Crippen LogP contribution >= 0.6 is 0 Å². The molecule has 3 aliphatic rings. The van der Waals surface area contributed by atoms with Crippen LogP contribution in [0.15, 0.2) is 0 Å². The van der Waals surface area contributed by atoms with Gasteiger partial charge in [-0.3, -0.25) is 14.5 Å². The molecule has 2 saturated heterocycles. The zero-order chi connectivity index (χ0) is 15.5. The third-order valence-electron chi connectivity index (χ3n) is 5.32. The van der Waals surface area contributed by atoms with E-state index in [1.807, 2.05) is 9.80 Å². The highest BCUT2D eigenvalue weighted by molar-refractivity contribution is 5.81. The third kappa shape index (κ3) is 3.60. The average molecular weight is 308 g/mol. The molecule has 2 N–H and O–H groups in total. The van der Waals surface area contributed by atoms with Crippen molar-refractivity contribution in [3.63, 3.8) is 0 Å². The van der Waals surface area contributed by atoms with Gasteiger partial charge in [-0.15, -0.1) is 0 Å². The molecule has 0 radical (unpaired) electrons. The lowest BCUT2D eigenvalue weighted by molar-refractivity contribution is -0.142. The second-order valence-electron chi connectivity index (χ2n) is 6.96. The molecule has 2 amide bonds. The molecule has 1 saturated carbocycles. The van der Waals surface area contributed by atoms with E-state index in [4.69, 9.17) is 5.73 Å². The third-order valence-corrected chi connectivity index (χ3v) is 5.32. The molecule has 0 aromatic rings. The van der Waals surface area contributed by atoms with Crippen molar-refractivity contribution in [2.45, 2.75) is 38.1 Å². The number of piperazine rings is 1. The maximum atomic E-state index is 12.5. The number of carbonyl (C=O) groups is 2. The highest BCUT2D eigenvalue weighted by atomic mass is 16.2. The van der Waals surface area contributed by atoms with Gasteiger partial charge in [-0.05, 0) is 45.2 Å². The first-order valence-corrected chi connectivity index (χ1v) is 8.68. The Bertz CT molecular complexity index is 414. The smallest absolute Gasteiger partial charge is 0.236 e. The maximum Gasteiger partial charge on any atom is 0.236 e. The molecule has 0 bridgehead atoms. The molecule has 3 rings (SSSR count). The Balaban J connectivity index is 1.43. The van der Waals surface area contributed by atoms with Crippen molar-refractivity contribution in [1.82, 2.24) is 14.7 Å². The molecular formula is C16H28N4O2. The molecule has 6 nitrogen and oxygen atoms in total. The van der Waals surface area contributed by atoms with E-state index in [0.717, 1.165) is 32.4 Å². The van der Waals surface area contributed by atoms with Gasteiger partial charge < -0.3 is 15.5 Å². The molecule has 2 aliphatic heterocycles. The highest BCUT2D eigenvalue weighted by Crippen LogP contribution is 2.26. The van der Waals surface area contributed by atoms with Gasteiger partial charge in [0, 0.05) is 38.1 Å². The van der Waals surface area contributed by atoms with Gasteiger partial charge in [0.1, 0.15) is 0 Å². The van der Waals surface area contributed by atoms with E-state index in [-0.39, 0.29) is 23.8 Å². The Morgan fingerprint density at radius 2 is 1.55 bits per heavy atom. The van der Waals surface area contributed by atoms with E-state index in [2.05, 4.69) is 4.90 Å². The Morgan fingerprint density at radius 3 is 2.14 bits per heavy atom. The van der Waals surface area contributed by atoms with E-state index in [0.29, 0.717) is 32.7 Å². The van der Waals surface area contributed by atoms with Crippen LogP contribution in [-0.2, 0) is 9.59 Å². The molecule has 2 heterocycles. The standard InChI is InChI=1S/C16H28N4O2/c17-14-4-3-13(11-14)16(22)20-9-7-19(8-10-20)15(21)12-18-5-1-2-6-18/h13-14H,1-12,17H2. The number of likely N-dealkylation sites (tertiary alicyclic amines) is 1. The molecule has 1 aliphatic carbocycles. The monoisotopic (exact) mass is 308 g/mol. The molecule has 6 heteroatoms. The minimum absolute atomic E-state index is 0.113. The molecule has 0 spiro atoms. The summed E-state index contributed by atoms with van der Waals surface area (Å²) in [6.07, 6.45) is 5.13. The summed E-state index contributed by atoms with van der Waals surface area (Å²) in [7, 11) is 0. The number of carbonyl (C=O) groups excluding carboxylic acids is 2. The fraction of sp³-hybridized carbons (Fsp3) is 0.875. The normalized spacial score (nSPS) is 30.0. The van der Waals surface area contributed by atoms with E-state index in [1.165, 1.54) is 12.8 Å². The largest absolute Gasteiger partial charge is 0.339 e. The minimum Gasteiger partial charge on any atom is -0.339 e. The van der Waals surface area contributed by atoms with Crippen molar-refractivity contribution in [3.05, 3.63) is 0 Å². The number of nitrogens with zero attached hydrogens (tertiary/aromatic N) is 3. The van der Waals surface area contributed by atoms with Gasteiger partial charge in [0.25, 0.3) is 0 Å². The topological polar surface area (TPSA) is 69.9 Å². The minimum atomic E-state index is 0.113. The number of hydrogen-bond donors (Lipinski definition) is 1. The Morgan fingerprint density at radius 1 is 0.909 bits per heavy atom. The highest BCUT2D eigenvalue weighted by Gasteiger charge is 2.33. The summed E-state index contributed by atoms with van der Waals surface area (Å²) >= 11 is 0. The van der Waals surface area contributed by atoms with Crippen LogP contribution in [0.4, 0.5) is 0 Å². The summed E-state index contributed by atoms with van der Waals surface area (Å²) in [4.78, 5) is 30.8. The van der Waals surface area contributed by atoms with E-state index in [9.17, 15) is 9.59 Å². The summed E-state index contributed by atoms with van der Waals surface area (Å²) in [5, 5.41) is 0. The summed E-state index contributed by atoms with van der Waals surface area (Å²) in [6.45, 7) is 5.35. The van der Waals surface area contributed by atoms with Gasteiger partial charge in [0.15, 0.2) is 0 Å². The van der Waals surface area contributed by atoms with Gasteiger partial charge in [-0.1, -0.05) is 0 Å². The van der Waals surface area contributed by atoms with Crippen LogP contribution in [0.25, 0.3) is 0 Å². The van der Waals surface area contributed by atoms with Crippen molar-refractivity contribution in [2.24, 2.45) is 11.7 Å². The zero-order valence-corrected chi connectivity index (χ0v) is 13.4. The van der Waals surface area contributed by atoms with Gasteiger partial charge >= 0.3 is 0 Å². The Labute approximate surface area is 132 Å². The number of nitrogens with two attached hydrogens (primary N) is 1. The van der Waals surface area contributed by atoms with Gasteiger partial charge in [-0.25, -0.2) is 0 Å². The van der Waals surface area contributed by atoms with E-state index < -0.39 is 0 Å². The molecule has 22 heavy (non-hydrogen) atoms. The number of rotatable bonds is 3. The number of hydrogen-bond acceptors (Lipinski definition) is 4. The quantitative estimate of drug-likeness (QED) is 0.789. The van der Waals surface area contributed by atoms with Crippen LogP contribution in [0.2, 0.25) is 0 Å². The maximum absolute atomic E-state index is 12.5. The van der Waals surface area contributed by atoms with Crippen molar-refractivity contribution in [2.75, 3.05) is 45.8 Å². The molecule has 2 atom stereocenters. The average Bonchev–Trinajstić information content (AvgIpc) is 3.18. The van der Waals surface area contributed by atoms with Crippen LogP contribution in [0.5, 0.6) is 0 Å². The predicted octanol–water partition coefficient (Wildman–Crippen LogP) is -0.120. The lowest BCUT2D eigenvalue weighted by Crippen LogP contribution is -2.53. The Hall–Kier alpha value is -1.14. The first-order valence-electron chi connectivity index (χ1n) is 8.68. The molecular weight excluding hydrogens is 280 g/mol. The van der Waals surface area contributed by atoms with Crippen LogP contribution in [-0.4, -0.2) is 78.4 Å². The van der Waals surface area contributed by atoms with Crippen LogP contribution in [0, 0.1) is 5.92 Å².